The van der Waals surface area contributed by atoms with Gasteiger partial charge in [0.15, 0.2) is 0 Å². The lowest BCUT2D eigenvalue weighted by molar-refractivity contribution is -0.139. The zero-order valence-electron chi connectivity index (χ0n) is 13.8. The Kier molecular flexibility index (Phi) is 5.71. The highest BCUT2D eigenvalue weighted by atomic mass is 16.5. The first-order valence-electron chi connectivity index (χ1n) is 8.97. The molecule has 0 spiro atoms. The number of rotatable bonds is 5. The smallest absolute Gasteiger partial charge is 0.225 e. The fraction of sp³-hybridized carbons (Fsp3) is 0.941. The molecular formula is C17H30N2O3. The van der Waals surface area contributed by atoms with Gasteiger partial charge in [-0.05, 0) is 39.2 Å². The highest BCUT2D eigenvalue weighted by molar-refractivity contribution is 5.76. The summed E-state index contributed by atoms with van der Waals surface area (Å²) in [6, 6.07) is 0.918. The summed E-state index contributed by atoms with van der Waals surface area (Å²) in [5.41, 5.74) is 0. The molecular weight excluding hydrogens is 280 g/mol. The maximum atomic E-state index is 12.5. The van der Waals surface area contributed by atoms with Crippen LogP contribution < -0.4 is 0 Å². The summed E-state index contributed by atoms with van der Waals surface area (Å²) in [4.78, 5) is 17.1. The van der Waals surface area contributed by atoms with Gasteiger partial charge in [0, 0.05) is 31.8 Å². The van der Waals surface area contributed by atoms with Gasteiger partial charge in [-0.15, -0.1) is 0 Å². The topological polar surface area (TPSA) is 42.0 Å². The van der Waals surface area contributed by atoms with Crippen molar-refractivity contribution in [3.05, 3.63) is 0 Å². The molecule has 0 radical (unpaired) electrons. The molecule has 3 heterocycles. The van der Waals surface area contributed by atoms with Gasteiger partial charge in [-0.1, -0.05) is 6.42 Å². The van der Waals surface area contributed by atoms with Crippen LogP contribution in [0.4, 0.5) is 0 Å². The standard InChI is InChI=1S/C17H30N2O3/c1-14-11-18-8-3-2-5-15(18)12-19(14)17(20)7-10-21-13-16-6-4-9-22-16/h14-16H,2-13H2,1H3/t14-,15-,16+/m1/s1. The normalized spacial score (nSPS) is 33.0. The van der Waals surface area contributed by atoms with E-state index in [-0.39, 0.29) is 12.0 Å². The van der Waals surface area contributed by atoms with Gasteiger partial charge >= 0.3 is 0 Å². The Balaban J connectivity index is 1.39. The summed E-state index contributed by atoms with van der Waals surface area (Å²) >= 11 is 0. The molecule has 0 saturated carbocycles. The summed E-state index contributed by atoms with van der Waals surface area (Å²) in [5, 5.41) is 0. The average Bonchev–Trinajstić information content (AvgIpc) is 3.04. The van der Waals surface area contributed by atoms with Gasteiger partial charge in [0.1, 0.15) is 0 Å². The summed E-state index contributed by atoms with van der Waals surface area (Å²) in [5.74, 6) is 0.255. The van der Waals surface area contributed by atoms with Crippen LogP contribution in [-0.2, 0) is 14.3 Å². The lowest BCUT2D eigenvalue weighted by Crippen LogP contribution is -2.60. The minimum absolute atomic E-state index is 0.250. The molecule has 22 heavy (non-hydrogen) atoms. The predicted octanol–water partition coefficient (Wildman–Crippen LogP) is 1.66. The lowest BCUT2D eigenvalue weighted by atomic mass is 9.97. The number of ether oxygens (including phenoxy) is 2. The molecule has 3 fully saturated rings. The molecule has 5 nitrogen and oxygen atoms in total. The van der Waals surface area contributed by atoms with Crippen LogP contribution in [-0.4, -0.2) is 73.3 Å². The van der Waals surface area contributed by atoms with Crippen LogP contribution in [0.25, 0.3) is 0 Å². The van der Waals surface area contributed by atoms with Crippen LogP contribution in [0.15, 0.2) is 0 Å². The molecule has 3 saturated heterocycles. The van der Waals surface area contributed by atoms with Crippen molar-refractivity contribution in [3.8, 4) is 0 Å². The van der Waals surface area contributed by atoms with Crippen LogP contribution in [0.3, 0.4) is 0 Å². The van der Waals surface area contributed by atoms with Crippen molar-refractivity contribution in [1.29, 1.82) is 0 Å². The van der Waals surface area contributed by atoms with E-state index in [1.807, 2.05) is 0 Å². The largest absolute Gasteiger partial charge is 0.378 e. The van der Waals surface area contributed by atoms with Crippen LogP contribution >= 0.6 is 0 Å². The molecule has 1 amide bonds. The van der Waals surface area contributed by atoms with Gasteiger partial charge in [0.05, 0.1) is 25.7 Å². The van der Waals surface area contributed by atoms with Gasteiger partial charge in [0.25, 0.3) is 0 Å². The van der Waals surface area contributed by atoms with E-state index < -0.39 is 0 Å². The van der Waals surface area contributed by atoms with Gasteiger partial charge in [-0.2, -0.15) is 0 Å². The molecule has 0 aromatic rings. The number of amides is 1. The lowest BCUT2D eigenvalue weighted by Gasteiger charge is -2.47. The summed E-state index contributed by atoms with van der Waals surface area (Å²) < 4.78 is 11.2. The summed E-state index contributed by atoms with van der Waals surface area (Å²) in [6.07, 6.45) is 6.84. The van der Waals surface area contributed by atoms with E-state index in [2.05, 4.69) is 16.7 Å². The molecule has 0 aromatic carbocycles. The molecule has 3 rings (SSSR count). The Labute approximate surface area is 133 Å². The number of hydrogen-bond donors (Lipinski definition) is 0. The number of nitrogens with zero attached hydrogens (tertiary/aromatic N) is 2. The molecule has 126 valence electrons. The highest BCUT2D eigenvalue weighted by Crippen LogP contribution is 2.24. The maximum Gasteiger partial charge on any atom is 0.225 e. The molecule has 3 aliphatic heterocycles. The first-order chi connectivity index (χ1) is 10.7. The second-order valence-electron chi connectivity index (χ2n) is 7.00. The SMILES string of the molecule is C[C@@H]1CN2CCCC[C@@H]2CN1C(=O)CCOC[C@@H]1CCCO1. The fourth-order valence-corrected chi connectivity index (χ4v) is 3.99. The predicted molar refractivity (Wildman–Crippen MR) is 84.8 cm³/mol. The minimum atomic E-state index is 0.250. The zero-order chi connectivity index (χ0) is 15.4. The van der Waals surface area contributed by atoms with Gasteiger partial charge in [-0.3, -0.25) is 9.69 Å². The van der Waals surface area contributed by atoms with Gasteiger partial charge < -0.3 is 14.4 Å². The van der Waals surface area contributed by atoms with E-state index in [1.54, 1.807) is 0 Å². The molecule has 5 heteroatoms. The Bertz CT molecular complexity index is 371. The first kappa shape index (κ1) is 16.2. The maximum absolute atomic E-state index is 12.5. The third-order valence-corrected chi connectivity index (χ3v) is 5.30. The number of fused-ring (bicyclic) bond motifs is 1. The van der Waals surface area contributed by atoms with Crippen LogP contribution in [0.2, 0.25) is 0 Å². The average molecular weight is 310 g/mol. The molecule has 3 atom stereocenters. The van der Waals surface area contributed by atoms with E-state index >= 15 is 0 Å². The molecule has 0 N–H and O–H groups in total. The Morgan fingerprint density at radius 3 is 2.95 bits per heavy atom. The Morgan fingerprint density at radius 1 is 1.23 bits per heavy atom. The van der Waals surface area contributed by atoms with Crippen LogP contribution in [0.1, 0.15) is 45.4 Å². The van der Waals surface area contributed by atoms with Crippen LogP contribution in [0.5, 0.6) is 0 Å². The van der Waals surface area contributed by atoms with Crippen molar-refractivity contribution >= 4 is 5.91 Å². The second-order valence-corrected chi connectivity index (χ2v) is 7.00. The molecule has 0 bridgehead atoms. The number of piperazine rings is 1. The molecule has 0 unspecified atom stereocenters. The van der Waals surface area contributed by atoms with Crippen LogP contribution in [0, 0.1) is 0 Å². The van der Waals surface area contributed by atoms with Crippen molar-refractivity contribution in [2.75, 3.05) is 39.5 Å². The first-order valence-corrected chi connectivity index (χ1v) is 8.97. The third kappa shape index (κ3) is 4.00. The van der Waals surface area contributed by atoms with Crippen molar-refractivity contribution < 1.29 is 14.3 Å². The molecule has 0 aromatic heterocycles. The quantitative estimate of drug-likeness (QED) is 0.724. The van der Waals surface area contributed by atoms with Crippen molar-refractivity contribution in [1.82, 2.24) is 9.80 Å². The van der Waals surface area contributed by atoms with Gasteiger partial charge in [-0.25, -0.2) is 0 Å². The summed E-state index contributed by atoms with van der Waals surface area (Å²) in [7, 11) is 0. The Hall–Kier alpha value is -0.650. The monoisotopic (exact) mass is 310 g/mol. The minimum Gasteiger partial charge on any atom is -0.378 e. The second kappa shape index (κ2) is 7.75. The fourth-order valence-electron chi connectivity index (χ4n) is 3.99. The van der Waals surface area contributed by atoms with E-state index in [4.69, 9.17) is 9.47 Å². The van der Waals surface area contributed by atoms with Crippen molar-refractivity contribution in [3.63, 3.8) is 0 Å². The highest BCUT2D eigenvalue weighted by Gasteiger charge is 2.34. The molecule has 3 aliphatic rings. The van der Waals surface area contributed by atoms with E-state index in [0.717, 1.165) is 32.5 Å². The Morgan fingerprint density at radius 2 is 2.14 bits per heavy atom. The van der Waals surface area contributed by atoms with E-state index in [9.17, 15) is 4.79 Å². The van der Waals surface area contributed by atoms with Crippen molar-refractivity contribution in [2.45, 2.75) is 63.6 Å². The molecule has 0 aliphatic carbocycles. The van der Waals surface area contributed by atoms with E-state index in [1.165, 1.54) is 25.8 Å². The number of carbonyl (C=O) groups is 1. The van der Waals surface area contributed by atoms with Crippen molar-refractivity contribution in [2.24, 2.45) is 0 Å². The van der Waals surface area contributed by atoms with Gasteiger partial charge in [0.2, 0.25) is 5.91 Å². The third-order valence-electron chi connectivity index (χ3n) is 5.30. The zero-order valence-corrected chi connectivity index (χ0v) is 13.8. The number of hydrogen-bond acceptors (Lipinski definition) is 4. The number of carbonyl (C=O) groups excluding carboxylic acids is 1. The summed E-state index contributed by atoms with van der Waals surface area (Å²) in [6.45, 7) is 7.35. The van der Waals surface area contributed by atoms with E-state index in [0.29, 0.717) is 31.7 Å². The number of piperidine rings is 1.